The lowest BCUT2D eigenvalue weighted by atomic mass is 10.1. The molecule has 30 heavy (non-hydrogen) atoms. The van der Waals surface area contributed by atoms with Crippen LogP contribution in [0.5, 0.6) is 11.5 Å². The number of pyridine rings is 1. The van der Waals surface area contributed by atoms with Crippen molar-refractivity contribution in [1.29, 1.82) is 5.26 Å². The van der Waals surface area contributed by atoms with Crippen molar-refractivity contribution in [2.75, 3.05) is 5.32 Å². The van der Waals surface area contributed by atoms with Gasteiger partial charge in [0.1, 0.15) is 11.5 Å². The fourth-order valence-electron chi connectivity index (χ4n) is 2.86. The average molecular weight is 395 g/mol. The van der Waals surface area contributed by atoms with Crippen molar-refractivity contribution >= 4 is 11.6 Å². The number of amides is 1. The van der Waals surface area contributed by atoms with Crippen LogP contribution in [0.2, 0.25) is 0 Å². The zero-order valence-electron chi connectivity index (χ0n) is 16.1. The van der Waals surface area contributed by atoms with Gasteiger partial charge >= 0.3 is 0 Å². The Morgan fingerprint density at radius 1 is 1.10 bits per heavy atom. The summed E-state index contributed by atoms with van der Waals surface area (Å²) in [7, 11) is 1.85. The number of hydrogen-bond donors (Lipinski definition) is 1. The Bertz CT molecular complexity index is 1240. The molecule has 0 aliphatic carbocycles. The number of ether oxygens (including phenoxy) is 1. The van der Waals surface area contributed by atoms with Crippen LogP contribution in [0.25, 0.3) is 11.3 Å². The van der Waals surface area contributed by atoms with Crippen molar-refractivity contribution in [2.45, 2.75) is 0 Å². The van der Waals surface area contributed by atoms with Crippen LogP contribution in [0.3, 0.4) is 0 Å². The minimum absolute atomic E-state index is 0.264. The molecule has 0 aliphatic heterocycles. The molecule has 0 aliphatic rings. The molecule has 0 radical (unpaired) electrons. The first-order chi connectivity index (χ1) is 14.6. The maximum atomic E-state index is 12.4. The number of aryl methyl sites for hydroxylation is 1. The fourth-order valence-corrected chi connectivity index (χ4v) is 2.86. The highest BCUT2D eigenvalue weighted by molar-refractivity contribution is 6.04. The Morgan fingerprint density at radius 2 is 1.90 bits per heavy atom. The molecule has 1 N–H and O–H groups in total. The van der Waals surface area contributed by atoms with E-state index in [4.69, 9.17) is 10.00 Å². The van der Waals surface area contributed by atoms with Crippen LogP contribution < -0.4 is 10.1 Å². The number of nitriles is 1. The van der Waals surface area contributed by atoms with Gasteiger partial charge in [0.2, 0.25) is 0 Å². The van der Waals surface area contributed by atoms with Gasteiger partial charge in [-0.05, 0) is 42.5 Å². The lowest BCUT2D eigenvalue weighted by molar-refractivity contribution is 0.102. The molecule has 0 saturated heterocycles. The molecule has 0 spiro atoms. The number of carbonyl (C=O) groups excluding carboxylic acids is 1. The number of benzene rings is 2. The topological polar surface area (TPSA) is 92.8 Å². The van der Waals surface area contributed by atoms with Crippen molar-refractivity contribution in [3.63, 3.8) is 0 Å². The molecular formula is C23H17N5O2. The highest BCUT2D eigenvalue weighted by Crippen LogP contribution is 2.27. The maximum absolute atomic E-state index is 12.4. The van der Waals surface area contributed by atoms with Crippen molar-refractivity contribution in [2.24, 2.45) is 7.05 Å². The molecule has 2 aromatic heterocycles. The van der Waals surface area contributed by atoms with E-state index in [9.17, 15) is 4.79 Å². The normalized spacial score (nSPS) is 10.3. The first-order valence-electron chi connectivity index (χ1n) is 9.15. The fraction of sp³-hybridized carbons (Fsp3) is 0.0435. The molecule has 7 nitrogen and oxygen atoms in total. The van der Waals surface area contributed by atoms with Gasteiger partial charge in [-0.15, -0.1) is 0 Å². The summed E-state index contributed by atoms with van der Waals surface area (Å²) in [6.45, 7) is 0. The van der Waals surface area contributed by atoms with E-state index < -0.39 is 0 Å². The number of nitrogens with one attached hydrogen (secondary N) is 1. The molecule has 7 heteroatoms. The first-order valence-corrected chi connectivity index (χ1v) is 9.15. The summed E-state index contributed by atoms with van der Waals surface area (Å²) in [5.74, 6) is 0.940. The third-order valence-corrected chi connectivity index (χ3v) is 4.34. The van der Waals surface area contributed by atoms with Crippen LogP contribution in [0.4, 0.5) is 5.69 Å². The number of anilines is 1. The van der Waals surface area contributed by atoms with Gasteiger partial charge in [-0.3, -0.25) is 14.5 Å². The third-order valence-electron chi connectivity index (χ3n) is 4.34. The van der Waals surface area contributed by atoms with Gasteiger partial charge in [0.15, 0.2) is 0 Å². The number of hydrogen-bond acceptors (Lipinski definition) is 5. The summed E-state index contributed by atoms with van der Waals surface area (Å²) in [6, 6.07) is 19.2. The summed E-state index contributed by atoms with van der Waals surface area (Å²) < 4.78 is 7.66. The standard InChI is InChI=1S/C23H17N5O2/c1-28-15-18(14-26-28)22-12-21(9-10-25-22)30-20-4-2-3-19(11-20)27-23(29)17-7-5-16(13-24)6-8-17/h2-12,14-15H,1H3,(H,27,29). The van der Waals surface area contributed by atoms with Gasteiger partial charge in [0.05, 0.1) is 23.5 Å². The molecule has 2 aromatic carbocycles. The van der Waals surface area contributed by atoms with E-state index in [0.29, 0.717) is 28.3 Å². The molecule has 4 aromatic rings. The van der Waals surface area contributed by atoms with Gasteiger partial charge in [-0.25, -0.2) is 0 Å². The highest BCUT2D eigenvalue weighted by atomic mass is 16.5. The van der Waals surface area contributed by atoms with Crippen molar-refractivity contribution in [3.05, 3.63) is 90.4 Å². The minimum Gasteiger partial charge on any atom is -0.457 e. The predicted molar refractivity (Wildman–Crippen MR) is 112 cm³/mol. The summed E-state index contributed by atoms with van der Waals surface area (Å²) in [5, 5.41) is 15.9. The summed E-state index contributed by atoms with van der Waals surface area (Å²) in [5.41, 5.74) is 3.22. The average Bonchev–Trinajstić information content (AvgIpc) is 3.21. The summed E-state index contributed by atoms with van der Waals surface area (Å²) in [6.07, 6.45) is 5.30. The number of aromatic nitrogens is 3. The molecule has 0 bridgehead atoms. The van der Waals surface area contributed by atoms with Crippen LogP contribution in [-0.2, 0) is 7.05 Å². The van der Waals surface area contributed by atoms with Crippen LogP contribution in [0.1, 0.15) is 15.9 Å². The lowest BCUT2D eigenvalue weighted by Gasteiger charge is -2.10. The monoisotopic (exact) mass is 395 g/mol. The van der Waals surface area contributed by atoms with Crippen molar-refractivity contribution < 1.29 is 9.53 Å². The summed E-state index contributed by atoms with van der Waals surface area (Å²) in [4.78, 5) is 16.8. The van der Waals surface area contributed by atoms with Gasteiger partial charge < -0.3 is 10.1 Å². The van der Waals surface area contributed by atoms with E-state index in [0.717, 1.165) is 11.3 Å². The molecule has 1 amide bonds. The number of carbonyl (C=O) groups is 1. The van der Waals surface area contributed by atoms with E-state index in [1.807, 2.05) is 31.4 Å². The molecule has 2 heterocycles. The Hall–Kier alpha value is -4.44. The summed E-state index contributed by atoms with van der Waals surface area (Å²) >= 11 is 0. The maximum Gasteiger partial charge on any atom is 0.255 e. The van der Waals surface area contributed by atoms with Crippen LogP contribution in [0.15, 0.2) is 79.3 Å². The largest absolute Gasteiger partial charge is 0.457 e. The number of rotatable bonds is 5. The minimum atomic E-state index is -0.264. The van der Waals surface area contributed by atoms with Crippen molar-refractivity contribution in [3.8, 4) is 28.8 Å². The Morgan fingerprint density at radius 3 is 2.63 bits per heavy atom. The van der Waals surface area contributed by atoms with E-state index in [1.165, 1.54) is 0 Å². The number of nitrogens with zero attached hydrogens (tertiary/aromatic N) is 4. The van der Waals surface area contributed by atoms with Gasteiger partial charge in [0.25, 0.3) is 5.91 Å². The van der Waals surface area contributed by atoms with Gasteiger partial charge in [-0.2, -0.15) is 10.4 Å². The second kappa shape index (κ2) is 8.29. The van der Waals surface area contributed by atoms with E-state index >= 15 is 0 Å². The molecule has 0 saturated carbocycles. The van der Waals surface area contributed by atoms with Gasteiger partial charge in [0, 0.05) is 48.4 Å². The van der Waals surface area contributed by atoms with Crippen LogP contribution >= 0.6 is 0 Å². The predicted octanol–water partition coefficient (Wildman–Crippen LogP) is 4.40. The molecular weight excluding hydrogens is 378 g/mol. The Labute approximate surface area is 173 Å². The zero-order valence-corrected chi connectivity index (χ0v) is 16.1. The highest BCUT2D eigenvalue weighted by Gasteiger charge is 2.08. The molecule has 0 atom stereocenters. The zero-order chi connectivity index (χ0) is 20.9. The smallest absolute Gasteiger partial charge is 0.255 e. The van der Waals surface area contributed by atoms with E-state index in [2.05, 4.69) is 15.4 Å². The van der Waals surface area contributed by atoms with E-state index in [1.54, 1.807) is 65.6 Å². The lowest BCUT2D eigenvalue weighted by Crippen LogP contribution is -2.11. The van der Waals surface area contributed by atoms with Crippen LogP contribution in [0, 0.1) is 11.3 Å². The Balaban J connectivity index is 1.48. The van der Waals surface area contributed by atoms with Gasteiger partial charge in [-0.1, -0.05) is 6.07 Å². The van der Waals surface area contributed by atoms with Crippen LogP contribution in [-0.4, -0.2) is 20.7 Å². The molecule has 4 rings (SSSR count). The third kappa shape index (κ3) is 4.34. The second-order valence-corrected chi connectivity index (χ2v) is 6.55. The molecule has 0 unspecified atom stereocenters. The SMILES string of the molecule is Cn1cc(-c2cc(Oc3cccc(NC(=O)c4ccc(C#N)cc4)c3)ccn2)cn1. The second-order valence-electron chi connectivity index (χ2n) is 6.55. The quantitative estimate of drug-likeness (QED) is 0.541. The molecule has 146 valence electrons. The first kappa shape index (κ1) is 18.9. The Kier molecular flexibility index (Phi) is 5.22. The van der Waals surface area contributed by atoms with Crippen molar-refractivity contribution in [1.82, 2.24) is 14.8 Å². The van der Waals surface area contributed by atoms with E-state index in [-0.39, 0.29) is 5.91 Å². The molecule has 0 fully saturated rings.